The Kier molecular flexibility index (Phi) is 1.10. The summed E-state index contributed by atoms with van der Waals surface area (Å²) in [6.45, 7) is 3.72. The molecule has 2 nitrogen and oxygen atoms in total. The highest BCUT2D eigenvalue weighted by Crippen LogP contribution is 2.29. The van der Waals surface area contributed by atoms with Crippen molar-refractivity contribution < 1.29 is 4.79 Å². The normalized spacial score (nSPS) is 30.9. The van der Waals surface area contributed by atoms with Crippen LogP contribution in [0.25, 0.3) is 0 Å². The van der Waals surface area contributed by atoms with Gasteiger partial charge >= 0.3 is 0 Å². The molecule has 0 aliphatic carbocycles. The van der Waals surface area contributed by atoms with Gasteiger partial charge in [-0.25, -0.2) is 0 Å². The Bertz CT molecular complexity index is 207. The zero-order chi connectivity index (χ0) is 7.14. The third kappa shape index (κ3) is 0.618. The van der Waals surface area contributed by atoms with Gasteiger partial charge in [0.05, 0.1) is 12.5 Å². The van der Waals surface area contributed by atoms with E-state index in [0.717, 1.165) is 13.0 Å². The molecule has 0 aromatic heterocycles. The van der Waals surface area contributed by atoms with Gasteiger partial charge in [0.1, 0.15) is 0 Å². The van der Waals surface area contributed by atoms with E-state index < -0.39 is 0 Å². The third-order valence-corrected chi connectivity index (χ3v) is 2.39. The van der Waals surface area contributed by atoms with Gasteiger partial charge < -0.3 is 4.90 Å². The maximum Gasteiger partial charge on any atom is 0.160 e. The number of carbonyl (C=O) groups is 1. The van der Waals surface area contributed by atoms with Crippen LogP contribution in [0.2, 0.25) is 0 Å². The second kappa shape index (κ2) is 1.84. The zero-order valence-electron chi connectivity index (χ0n) is 6.13. The van der Waals surface area contributed by atoms with E-state index in [2.05, 4.69) is 11.0 Å². The fourth-order valence-corrected chi connectivity index (χ4v) is 1.74. The molecule has 2 heteroatoms. The molecule has 0 radical (unpaired) electrons. The SMILES string of the molecule is CC1C(=O)CN2CCC=C12. The van der Waals surface area contributed by atoms with E-state index >= 15 is 0 Å². The molecule has 2 aliphatic rings. The maximum atomic E-state index is 11.1. The van der Waals surface area contributed by atoms with Crippen LogP contribution < -0.4 is 0 Å². The maximum absolute atomic E-state index is 11.1. The van der Waals surface area contributed by atoms with Crippen LogP contribution >= 0.6 is 0 Å². The van der Waals surface area contributed by atoms with Gasteiger partial charge in [-0.15, -0.1) is 0 Å². The molecule has 0 aromatic rings. The monoisotopic (exact) mass is 137 g/mol. The molecule has 2 heterocycles. The van der Waals surface area contributed by atoms with Crippen molar-refractivity contribution in [2.24, 2.45) is 5.92 Å². The summed E-state index contributed by atoms with van der Waals surface area (Å²) in [4.78, 5) is 13.3. The van der Waals surface area contributed by atoms with E-state index in [1.807, 2.05) is 6.92 Å². The second-order valence-electron chi connectivity index (χ2n) is 3.03. The standard InChI is InChI=1S/C8H11NO/c1-6-7-3-2-4-9(7)5-8(6)10/h3,6H,2,4-5H2,1H3. The first-order chi connectivity index (χ1) is 4.79. The lowest BCUT2D eigenvalue weighted by Gasteiger charge is -2.11. The number of rotatable bonds is 0. The molecule has 1 saturated heterocycles. The van der Waals surface area contributed by atoms with E-state index in [9.17, 15) is 4.79 Å². The molecule has 2 rings (SSSR count). The van der Waals surface area contributed by atoms with Crippen molar-refractivity contribution in [2.75, 3.05) is 13.1 Å². The number of fused-ring (bicyclic) bond motifs is 1. The Hall–Kier alpha value is -0.790. The molecule has 2 aliphatic heterocycles. The highest BCUT2D eigenvalue weighted by Gasteiger charge is 2.33. The summed E-state index contributed by atoms with van der Waals surface area (Å²) in [5.74, 6) is 0.563. The Morgan fingerprint density at radius 1 is 1.70 bits per heavy atom. The smallest absolute Gasteiger partial charge is 0.160 e. The first kappa shape index (κ1) is 5.96. The Morgan fingerprint density at radius 2 is 2.50 bits per heavy atom. The molecular formula is C8H11NO. The lowest BCUT2D eigenvalue weighted by atomic mass is 10.1. The van der Waals surface area contributed by atoms with E-state index in [0.29, 0.717) is 12.3 Å². The highest BCUT2D eigenvalue weighted by molar-refractivity contribution is 5.88. The molecule has 0 bridgehead atoms. The van der Waals surface area contributed by atoms with Crippen molar-refractivity contribution in [3.05, 3.63) is 11.8 Å². The summed E-state index contributed by atoms with van der Waals surface area (Å²) in [6.07, 6.45) is 3.32. The number of Topliss-reactive ketones (excluding diaryl/α,β-unsaturated/α-hetero) is 1. The average Bonchev–Trinajstić information content (AvgIpc) is 2.41. The quantitative estimate of drug-likeness (QED) is 0.492. The van der Waals surface area contributed by atoms with Gasteiger partial charge in [0.2, 0.25) is 0 Å². The Balaban J connectivity index is 2.30. The van der Waals surface area contributed by atoms with Crippen LogP contribution in [0.5, 0.6) is 0 Å². The van der Waals surface area contributed by atoms with Crippen LogP contribution in [-0.2, 0) is 4.79 Å². The molecular weight excluding hydrogens is 126 g/mol. The fourth-order valence-electron chi connectivity index (χ4n) is 1.74. The fraction of sp³-hybridized carbons (Fsp3) is 0.625. The molecule has 54 valence electrons. The number of allylic oxidation sites excluding steroid dienone is 1. The van der Waals surface area contributed by atoms with Gasteiger partial charge in [0.15, 0.2) is 5.78 Å². The number of hydrogen-bond donors (Lipinski definition) is 0. The summed E-state index contributed by atoms with van der Waals surface area (Å²) in [5.41, 5.74) is 1.27. The van der Waals surface area contributed by atoms with Gasteiger partial charge in [-0.05, 0) is 13.3 Å². The van der Waals surface area contributed by atoms with Crippen molar-refractivity contribution in [1.82, 2.24) is 4.90 Å². The van der Waals surface area contributed by atoms with Crippen LogP contribution in [0.15, 0.2) is 11.8 Å². The summed E-state index contributed by atoms with van der Waals surface area (Å²) < 4.78 is 0. The summed E-state index contributed by atoms with van der Waals surface area (Å²) in [6, 6.07) is 0. The largest absolute Gasteiger partial charge is 0.367 e. The van der Waals surface area contributed by atoms with Crippen molar-refractivity contribution in [3.8, 4) is 0 Å². The minimum absolute atomic E-state index is 0.183. The van der Waals surface area contributed by atoms with Gasteiger partial charge in [0.25, 0.3) is 0 Å². The minimum Gasteiger partial charge on any atom is -0.367 e. The molecule has 1 fully saturated rings. The minimum atomic E-state index is 0.183. The molecule has 0 aromatic carbocycles. The molecule has 0 spiro atoms. The number of carbonyl (C=O) groups excluding carboxylic acids is 1. The van der Waals surface area contributed by atoms with Gasteiger partial charge in [-0.2, -0.15) is 0 Å². The summed E-state index contributed by atoms with van der Waals surface area (Å²) in [5, 5.41) is 0. The summed E-state index contributed by atoms with van der Waals surface area (Å²) in [7, 11) is 0. The van der Waals surface area contributed by atoms with Crippen LogP contribution in [0.4, 0.5) is 0 Å². The van der Waals surface area contributed by atoms with E-state index in [1.54, 1.807) is 0 Å². The first-order valence-corrected chi connectivity index (χ1v) is 3.77. The van der Waals surface area contributed by atoms with E-state index in [-0.39, 0.29) is 5.92 Å². The van der Waals surface area contributed by atoms with Crippen LogP contribution in [0, 0.1) is 5.92 Å². The van der Waals surface area contributed by atoms with Crippen molar-refractivity contribution in [2.45, 2.75) is 13.3 Å². The van der Waals surface area contributed by atoms with E-state index in [4.69, 9.17) is 0 Å². The average molecular weight is 137 g/mol. The zero-order valence-corrected chi connectivity index (χ0v) is 6.13. The molecule has 10 heavy (non-hydrogen) atoms. The lowest BCUT2D eigenvalue weighted by molar-refractivity contribution is -0.119. The van der Waals surface area contributed by atoms with Crippen molar-refractivity contribution in [1.29, 1.82) is 0 Å². The summed E-state index contributed by atoms with van der Waals surface area (Å²) >= 11 is 0. The third-order valence-electron chi connectivity index (χ3n) is 2.39. The number of hydrogen-bond acceptors (Lipinski definition) is 2. The predicted octanol–water partition coefficient (Wildman–Crippen LogP) is 0.795. The lowest BCUT2D eigenvalue weighted by Crippen LogP contribution is -2.16. The van der Waals surface area contributed by atoms with E-state index in [1.165, 1.54) is 5.70 Å². The second-order valence-corrected chi connectivity index (χ2v) is 3.03. The van der Waals surface area contributed by atoms with Gasteiger partial charge in [-0.3, -0.25) is 4.79 Å². The Morgan fingerprint density at radius 3 is 3.20 bits per heavy atom. The van der Waals surface area contributed by atoms with Crippen molar-refractivity contribution >= 4 is 5.78 Å². The first-order valence-electron chi connectivity index (χ1n) is 3.77. The van der Waals surface area contributed by atoms with Crippen LogP contribution in [0.3, 0.4) is 0 Å². The van der Waals surface area contributed by atoms with Crippen LogP contribution in [0.1, 0.15) is 13.3 Å². The molecule has 1 atom stereocenters. The predicted molar refractivity (Wildman–Crippen MR) is 38.4 cm³/mol. The Labute approximate surface area is 60.5 Å². The molecule has 0 N–H and O–H groups in total. The van der Waals surface area contributed by atoms with Gasteiger partial charge in [0, 0.05) is 12.2 Å². The van der Waals surface area contributed by atoms with Gasteiger partial charge in [-0.1, -0.05) is 6.08 Å². The number of ketones is 1. The van der Waals surface area contributed by atoms with Crippen molar-refractivity contribution in [3.63, 3.8) is 0 Å². The number of nitrogens with zero attached hydrogens (tertiary/aromatic N) is 1. The molecule has 1 unspecified atom stereocenters. The molecule has 0 saturated carbocycles. The van der Waals surface area contributed by atoms with Crippen LogP contribution in [-0.4, -0.2) is 23.8 Å². The highest BCUT2D eigenvalue weighted by atomic mass is 16.1. The molecule has 0 amide bonds. The topological polar surface area (TPSA) is 20.3 Å².